The van der Waals surface area contributed by atoms with Gasteiger partial charge >= 0.3 is 5.97 Å². The highest BCUT2D eigenvalue weighted by Crippen LogP contribution is 2.19. The topological polar surface area (TPSA) is 65.2 Å². The highest BCUT2D eigenvalue weighted by atomic mass is 35.5. The predicted octanol–water partition coefficient (Wildman–Crippen LogP) is 3.95. The van der Waals surface area contributed by atoms with Crippen LogP contribution in [0.1, 0.15) is 16.2 Å². The zero-order chi connectivity index (χ0) is 15.5. The maximum Gasteiger partial charge on any atom is 0.341 e. The summed E-state index contributed by atoms with van der Waals surface area (Å²) in [6.45, 7) is -0.238. The molecule has 0 N–H and O–H groups in total. The van der Waals surface area contributed by atoms with E-state index in [0.29, 0.717) is 5.82 Å². The zero-order valence-electron chi connectivity index (χ0n) is 11.0. The molecular formula is C14H8ClFN2O3S. The third-order valence-corrected chi connectivity index (χ3v) is 3.64. The van der Waals surface area contributed by atoms with Gasteiger partial charge in [-0.15, -0.1) is 0 Å². The fraction of sp³-hybridized carbons (Fsp3) is 0.0714. The molecule has 0 saturated carbocycles. The molecule has 0 aliphatic heterocycles. The van der Waals surface area contributed by atoms with Crippen LogP contribution in [0.4, 0.5) is 4.39 Å². The predicted molar refractivity (Wildman–Crippen MR) is 78.1 cm³/mol. The molecule has 3 aromatic rings. The van der Waals surface area contributed by atoms with Crippen molar-refractivity contribution in [2.24, 2.45) is 0 Å². The first-order valence-corrected chi connectivity index (χ1v) is 7.43. The van der Waals surface area contributed by atoms with E-state index in [2.05, 4.69) is 10.1 Å². The Labute approximate surface area is 133 Å². The molecule has 0 bridgehead atoms. The molecule has 0 aliphatic rings. The number of halogens is 2. The van der Waals surface area contributed by atoms with E-state index >= 15 is 0 Å². The third kappa shape index (κ3) is 3.15. The Balaban J connectivity index is 1.66. The van der Waals surface area contributed by atoms with Crippen LogP contribution in [-0.2, 0) is 11.3 Å². The second-order valence-corrected chi connectivity index (χ2v) is 5.44. The zero-order valence-corrected chi connectivity index (χ0v) is 12.5. The molecule has 0 spiro atoms. The molecule has 2 heterocycles. The quantitative estimate of drug-likeness (QED) is 0.674. The van der Waals surface area contributed by atoms with Crippen molar-refractivity contribution in [2.75, 3.05) is 0 Å². The van der Waals surface area contributed by atoms with E-state index in [4.69, 9.17) is 20.9 Å². The van der Waals surface area contributed by atoms with Gasteiger partial charge in [-0.25, -0.2) is 9.18 Å². The maximum atomic E-state index is 13.6. The van der Waals surface area contributed by atoms with E-state index in [1.54, 1.807) is 0 Å². The van der Waals surface area contributed by atoms with Crippen molar-refractivity contribution in [2.45, 2.75) is 6.61 Å². The number of thiophene rings is 1. The van der Waals surface area contributed by atoms with Gasteiger partial charge in [0.1, 0.15) is 5.82 Å². The highest BCUT2D eigenvalue weighted by Gasteiger charge is 2.16. The number of benzene rings is 1. The van der Waals surface area contributed by atoms with Crippen LogP contribution in [0.25, 0.3) is 11.4 Å². The number of esters is 1. The lowest BCUT2D eigenvalue weighted by atomic mass is 10.2. The Hall–Kier alpha value is -2.25. The summed E-state index contributed by atoms with van der Waals surface area (Å²) in [4.78, 5) is 15.9. The fourth-order valence-corrected chi connectivity index (χ4v) is 2.48. The van der Waals surface area contributed by atoms with E-state index < -0.39 is 11.8 Å². The summed E-state index contributed by atoms with van der Waals surface area (Å²) in [6, 6.07) is 5.54. The van der Waals surface area contributed by atoms with Gasteiger partial charge in [0.05, 0.1) is 5.56 Å². The maximum absolute atomic E-state index is 13.6. The molecule has 0 aliphatic carbocycles. The molecule has 0 unspecified atom stereocenters. The number of rotatable bonds is 4. The SMILES string of the molecule is O=C(OCc1nc(-c2ccsc2)no1)c1ccc(Cl)cc1F. The molecular weight excluding hydrogens is 331 g/mol. The Kier molecular flexibility index (Phi) is 4.17. The molecule has 22 heavy (non-hydrogen) atoms. The Morgan fingerprint density at radius 3 is 3.00 bits per heavy atom. The number of nitrogens with zero attached hydrogens (tertiary/aromatic N) is 2. The number of hydrogen-bond donors (Lipinski definition) is 0. The van der Waals surface area contributed by atoms with Crippen molar-refractivity contribution >= 4 is 28.9 Å². The first kappa shape index (κ1) is 14.7. The molecule has 1 aromatic carbocycles. The molecule has 0 atom stereocenters. The Morgan fingerprint density at radius 2 is 2.27 bits per heavy atom. The third-order valence-electron chi connectivity index (χ3n) is 2.73. The van der Waals surface area contributed by atoms with Crippen LogP contribution in [0.3, 0.4) is 0 Å². The summed E-state index contributed by atoms with van der Waals surface area (Å²) in [5, 5.41) is 7.73. The van der Waals surface area contributed by atoms with E-state index in [1.165, 1.54) is 23.5 Å². The minimum absolute atomic E-state index is 0.129. The van der Waals surface area contributed by atoms with Crippen LogP contribution < -0.4 is 0 Å². The number of aromatic nitrogens is 2. The van der Waals surface area contributed by atoms with E-state index in [0.717, 1.165) is 11.6 Å². The van der Waals surface area contributed by atoms with Gasteiger partial charge in [-0.2, -0.15) is 16.3 Å². The van der Waals surface area contributed by atoms with Crippen LogP contribution in [-0.4, -0.2) is 16.1 Å². The molecule has 2 aromatic heterocycles. The van der Waals surface area contributed by atoms with E-state index in [1.807, 2.05) is 16.8 Å². The van der Waals surface area contributed by atoms with Gasteiger partial charge in [-0.3, -0.25) is 0 Å². The average molecular weight is 339 g/mol. The van der Waals surface area contributed by atoms with Crippen LogP contribution in [0.15, 0.2) is 39.5 Å². The lowest BCUT2D eigenvalue weighted by Gasteiger charge is -2.03. The molecule has 0 amide bonds. The Bertz CT molecular complexity index is 804. The largest absolute Gasteiger partial charge is 0.452 e. The van der Waals surface area contributed by atoms with Crippen molar-refractivity contribution in [1.29, 1.82) is 0 Å². The van der Waals surface area contributed by atoms with Gasteiger partial charge in [0, 0.05) is 16.0 Å². The van der Waals surface area contributed by atoms with Gasteiger partial charge in [0.25, 0.3) is 5.89 Å². The van der Waals surface area contributed by atoms with Gasteiger partial charge in [-0.05, 0) is 29.6 Å². The van der Waals surface area contributed by atoms with Gasteiger partial charge in [0.2, 0.25) is 5.82 Å². The van der Waals surface area contributed by atoms with Crippen molar-refractivity contribution in [3.63, 3.8) is 0 Å². The van der Waals surface area contributed by atoms with E-state index in [-0.39, 0.29) is 23.1 Å². The number of carbonyl (C=O) groups is 1. The minimum Gasteiger partial charge on any atom is -0.452 e. The molecule has 3 rings (SSSR count). The molecule has 0 fully saturated rings. The highest BCUT2D eigenvalue weighted by molar-refractivity contribution is 7.08. The Morgan fingerprint density at radius 1 is 1.41 bits per heavy atom. The summed E-state index contributed by atoms with van der Waals surface area (Å²) in [6.07, 6.45) is 0. The van der Waals surface area contributed by atoms with E-state index in [9.17, 15) is 9.18 Å². The number of hydrogen-bond acceptors (Lipinski definition) is 6. The smallest absolute Gasteiger partial charge is 0.341 e. The van der Waals surface area contributed by atoms with Crippen molar-refractivity contribution in [1.82, 2.24) is 10.1 Å². The molecule has 5 nitrogen and oxygen atoms in total. The van der Waals surface area contributed by atoms with Crippen molar-refractivity contribution in [3.05, 3.63) is 57.3 Å². The second kappa shape index (κ2) is 6.25. The van der Waals surface area contributed by atoms with Crippen LogP contribution >= 0.6 is 22.9 Å². The first-order chi connectivity index (χ1) is 10.6. The first-order valence-electron chi connectivity index (χ1n) is 6.11. The number of ether oxygens (including phenoxy) is 1. The lowest BCUT2D eigenvalue weighted by molar-refractivity contribution is 0.0424. The lowest BCUT2D eigenvalue weighted by Crippen LogP contribution is -2.07. The van der Waals surface area contributed by atoms with Crippen LogP contribution in [0, 0.1) is 5.82 Å². The minimum atomic E-state index is -0.829. The van der Waals surface area contributed by atoms with Gasteiger partial charge in [0.15, 0.2) is 6.61 Å². The van der Waals surface area contributed by atoms with Gasteiger partial charge in [-0.1, -0.05) is 16.8 Å². The molecule has 8 heteroatoms. The standard InChI is InChI=1S/C14H8ClFN2O3S/c15-9-1-2-10(11(16)5-9)14(19)20-6-12-17-13(18-21-12)8-3-4-22-7-8/h1-5,7H,6H2. The van der Waals surface area contributed by atoms with Crippen molar-refractivity contribution < 1.29 is 18.4 Å². The molecule has 0 saturated heterocycles. The summed E-state index contributed by atoms with van der Waals surface area (Å²) in [5.41, 5.74) is 0.608. The molecule has 0 radical (unpaired) electrons. The summed E-state index contributed by atoms with van der Waals surface area (Å²) >= 11 is 7.12. The second-order valence-electron chi connectivity index (χ2n) is 4.22. The van der Waals surface area contributed by atoms with Gasteiger partial charge < -0.3 is 9.26 Å². The summed E-state index contributed by atoms with van der Waals surface area (Å²) < 4.78 is 23.5. The van der Waals surface area contributed by atoms with Crippen molar-refractivity contribution in [3.8, 4) is 11.4 Å². The fourth-order valence-electron chi connectivity index (χ4n) is 1.68. The normalized spacial score (nSPS) is 10.6. The monoisotopic (exact) mass is 338 g/mol. The molecule has 112 valence electrons. The number of carbonyl (C=O) groups excluding carboxylic acids is 1. The summed E-state index contributed by atoms with van der Waals surface area (Å²) in [5.74, 6) is -1.04. The average Bonchev–Trinajstić information content (AvgIpc) is 3.16. The van der Waals surface area contributed by atoms with Crippen LogP contribution in [0.2, 0.25) is 5.02 Å². The van der Waals surface area contributed by atoms with Crippen LogP contribution in [0.5, 0.6) is 0 Å². The summed E-state index contributed by atoms with van der Waals surface area (Å²) in [7, 11) is 0.